The number of ether oxygens (including phenoxy) is 1. The first kappa shape index (κ1) is 10.8. The van der Waals surface area contributed by atoms with Crippen LogP contribution in [0.5, 0.6) is 0 Å². The lowest BCUT2D eigenvalue weighted by Crippen LogP contribution is -2.46. The van der Waals surface area contributed by atoms with Crippen molar-refractivity contribution >= 4 is 12.0 Å². The van der Waals surface area contributed by atoms with Crippen molar-refractivity contribution in [3.63, 3.8) is 0 Å². The number of carbonyl (C=O) groups is 2. The SMILES string of the molecule is C=C1C2CC3C1C2C(=O)N3C(=O)OC(C)(C)C. The van der Waals surface area contributed by atoms with Gasteiger partial charge in [0.15, 0.2) is 0 Å². The first-order valence-corrected chi connectivity index (χ1v) is 6.06. The van der Waals surface area contributed by atoms with Crippen LogP contribution in [0.2, 0.25) is 0 Å². The summed E-state index contributed by atoms with van der Waals surface area (Å²) in [5, 5.41) is 0. The Morgan fingerprint density at radius 1 is 1.41 bits per heavy atom. The number of nitrogens with zero attached hydrogens (tertiary/aromatic N) is 1. The molecule has 17 heavy (non-hydrogen) atoms. The molecule has 0 N–H and O–H groups in total. The third-order valence-electron chi connectivity index (χ3n) is 4.08. The maximum Gasteiger partial charge on any atom is 0.417 e. The first-order chi connectivity index (χ1) is 7.81. The van der Waals surface area contributed by atoms with Crippen LogP contribution in [-0.2, 0) is 9.53 Å². The van der Waals surface area contributed by atoms with Crippen LogP contribution in [0.25, 0.3) is 0 Å². The molecule has 4 unspecified atom stereocenters. The lowest BCUT2D eigenvalue weighted by molar-refractivity contribution is -0.135. The molecular weight excluding hydrogens is 218 g/mol. The van der Waals surface area contributed by atoms with E-state index in [4.69, 9.17) is 4.74 Å². The van der Waals surface area contributed by atoms with Crippen LogP contribution >= 0.6 is 0 Å². The lowest BCUT2D eigenvalue weighted by atomic mass is 9.69. The molecule has 4 heteroatoms. The van der Waals surface area contributed by atoms with Crippen LogP contribution in [-0.4, -0.2) is 28.5 Å². The summed E-state index contributed by atoms with van der Waals surface area (Å²) >= 11 is 0. The zero-order chi connectivity index (χ0) is 12.5. The van der Waals surface area contributed by atoms with Gasteiger partial charge in [-0.25, -0.2) is 9.69 Å². The van der Waals surface area contributed by atoms with Crippen molar-refractivity contribution in [3.8, 4) is 0 Å². The highest BCUT2D eigenvalue weighted by Crippen LogP contribution is 2.63. The molecule has 4 bridgehead atoms. The highest BCUT2D eigenvalue weighted by Gasteiger charge is 2.69. The molecule has 0 spiro atoms. The van der Waals surface area contributed by atoms with Gasteiger partial charge in [0.25, 0.3) is 0 Å². The van der Waals surface area contributed by atoms with Gasteiger partial charge >= 0.3 is 6.09 Å². The molecule has 0 aromatic carbocycles. The summed E-state index contributed by atoms with van der Waals surface area (Å²) in [4.78, 5) is 25.4. The fourth-order valence-electron chi connectivity index (χ4n) is 3.48. The standard InChI is InChI=1S/C13H17NO3/c1-6-7-5-8-9(6)10(7)11(15)14(8)12(16)17-13(2,3)4/h7-10H,1,5H2,2-4H3. The topological polar surface area (TPSA) is 46.6 Å². The van der Waals surface area contributed by atoms with E-state index in [0.29, 0.717) is 5.92 Å². The summed E-state index contributed by atoms with van der Waals surface area (Å²) in [5.74, 6) is 0.495. The summed E-state index contributed by atoms with van der Waals surface area (Å²) in [6.07, 6.45) is 0.396. The van der Waals surface area contributed by atoms with Crippen LogP contribution in [0.4, 0.5) is 4.79 Å². The lowest BCUT2D eigenvalue weighted by Gasteiger charge is -2.34. The Balaban J connectivity index is 1.80. The molecule has 1 aliphatic heterocycles. The van der Waals surface area contributed by atoms with Gasteiger partial charge in [0, 0.05) is 5.92 Å². The first-order valence-electron chi connectivity index (χ1n) is 6.06. The van der Waals surface area contributed by atoms with Crippen LogP contribution in [0, 0.1) is 17.8 Å². The van der Waals surface area contributed by atoms with Crippen LogP contribution < -0.4 is 0 Å². The summed E-state index contributed by atoms with van der Waals surface area (Å²) < 4.78 is 5.28. The molecule has 0 radical (unpaired) electrons. The summed E-state index contributed by atoms with van der Waals surface area (Å²) in [6, 6.07) is 0.0137. The number of amides is 2. The highest BCUT2D eigenvalue weighted by molar-refractivity contribution is 5.99. The van der Waals surface area contributed by atoms with Gasteiger partial charge in [-0.1, -0.05) is 12.2 Å². The van der Waals surface area contributed by atoms with E-state index in [-0.39, 0.29) is 23.8 Å². The molecule has 3 aliphatic carbocycles. The van der Waals surface area contributed by atoms with Gasteiger partial charge in [-0.3, -0.25) is 4.79 Å². The monoisotopic (exact) mass is 235 g/mol. The van der Waals surface area contributed by atoms with Crippen LogP contribution in [0.1, 0.15) is 27.2 Å². The summed E-state index contributed by atoms with van der Waals surface area (Å²) in [7, 11) is 0. The van der Waals surface area contributed by atoms with Gasteiger partial charge in [0.05, 0.1) is 12.0 Å². The van der Waals surface area contributed by atoms with E-state index < -0.39 is 11.7 Å². The molecule has 4 fully saturated rings. The minimum atomic E-state index is -0.556. The quantitative estimate of drug-likeness (QED) is 0.603. The van der Waals surface area contributed by atoms with E-state index in [1.165, 1.54) is 4.90 Å². The molecule has 2 amide bonds. The summed E-state index contributed by atoms with van der Waals surface area (Å²) in [5.41, 5.74) is 0.596. The van der Waals surface area contributed by atoms with Crippen molar-refractivity contribution in [2.45, 2.75) is 38.8 Å². The number of hydrogen-bond acceptors (Lipinski definition) is 3. The number of rotatable bonds is 0. The fourth-order valence-corrected chi connectivity index (χ4v) is 3.48. The number of piperidine rings is 1. The molecule has 0 aromatic heterocycles. The van der Waals surface area contributed by atoms with Gasteiger partial charge in [-0.05, 0) is 33.1 Å². The van der Waals surface area contributed by atoms with Gasteiger partial charge in [0.2, 0.25) is 5.91 Å². The van der Waals surface area contributed by atoms with Crippen LogP contribution in [0.3, 0.4) is 0 Å². The second-order valence-electron chi connectivity index (χ2n) is 6.22. The predicted molar refractivity (Wildman–Crippen MR) is 61.1 cm³/mol. The third kappa shape index (κ3) is 1.24. The molecular formula is C13H17NO3. The molecule has 3 saturated carbocycles. The second-order valence-corrected chi connectivity index (χ2v) is 6.22. The minimum absolute atomic E-state index is 0.0137. The fraction of sp³-hybridized carbons (Fsp3) is 0.692. The Kier molecular flexibility index (Phi) is 1.86. The van der Waals surface area contributed by atoms with E-state index >= 15 is 0 Å². The van der Waals surface area contributed by atoms with Gasteiger partial charge in [-0.2, -0.15) is 0 Å². The zero-order valence-corrected chi connectivity index (χ0v) is 10.4. The average Bonchev–Trinajstić information content (AvgIpc) is 2.74. The van der Waals surface area contributed by atoms with Crippen molar-refractivity contribution < 1.29 is 14.3 Å². The number of hydrogen-bond donors (Lipinski definition) is 0. The summed E-state index contributed by atoms with van der Waals surface area (Å²) in [6.45, 7) is 9.42. The number of imide groups is 1. The average molecular weight is 235 g/mol. The third-order valence-corrected chi connectivity index (χ3v) is 4.08. The van der Waals surface area contributed by atoms with E-state index in [1.807, 2.05) is 20.8 Å². The van der Waals surface area contributed by atoms with Crippen molar-refractivity contribution in [1.82, 2.24) is 4.90 Å². The zero-order valence-electron chi connectivity index (χ0n) is 10.4. The Morgan fingerprint density at radius 2 is 2.06 bits per heavy atom. The Bertz CT molecular complexity index is 434. The smallest absolute Gasteiger partial charge is 0.417 e. The number of likely N-dealkylation sites (tertiary alicyclic amines) is 1. The van der Waals surface area contributed by atoms with Crippen molar-refractivity contribution in [3.05, 3.63) is 12.2 Å². The molecule has 1 saturated heterocycles. The normalized spacial score (nSPS) is 38.4. The molecule has 4 rings (SSSR count). The van der Waals surface area contributed by atoms with Gasteiger partial charge < -0.3 is 4.74 Å². The largest absolute Gasteiger partial charge is 0.443 e. The molecule has 1 heterocycles. The highest BCUT2D eigenvalue weighted by atomic mass is 16.6. The van der Waals surface area contributed by atoms with Gasteiger partial charge in [0.1, 0.15) is 5.60 Å². The van der Waals surface area contributed by atoms with E-state index in [2.05, 4.69) is 6.58 Å². The van der Waals surface area contributed by atoms with E-state index in [1.54, 1.807) is 0 Å². The van der Waals surface area contributed by atoms with Crippen LogP contribution in [0.15, 0.2) is 12.2 Å². The minimum Gasteiger partial charge on any atom is -0.443 e. The maximum absolute atomic E-state index is 12.1. The number of carbonyl (C=O) groups excluding carboxylic acids is 2. The molecule has 4 atom stereocenters. The van der Waals surface area contributed by atoms with Crippen molar-refractivity contribution in [2.75, 3.05) is 0 Å². The Morgan fingerprint density at radius 3 is 2.59 bits per heavy atom. The molecule has 4 aliphatic rings. The Hall–Kier alpha value is -1.32. The molecule has 4 nitrogen and oxygen atoms in total. The van der Waals surface area contributed by atoms with Crippen molar-refractivity contribution in [1.29, 1.82) is 0 Å². The molecule has 0 aromatic rings. The Labute approximate surface area is 101 Å². The maximum atomic E-state index is 12.1. The molecule has 92 valence electrons. The van der Waals surface area contributed by atoms with Crippen molar-refractivity contribution in [2.24, 2.45) is 17.8 Å². The second kappa shape index (κ2) is 2.92. The van der Waals surface area contributed by atoms with E-state index in [0.717, 1.165) is 12.0 Å². The predicted octanol–water partition coefficient (Wildman–Crippen LogP) is 1.95. The van der Waals surface area contributed by atoms with Gasteiger partial charge in [-0.15, -0.1) is 0 Å². The van der Waals surface area contributed by atoms with E-state index in [9.17, 15) is 9.59 Å².